The number of carboxylic acids is 1. The minimum atomic E-state index is -1.14. The van der Waals surface area contributed by atoms with Crippen LogP contribution in [-0.2, 0) is 4.79 Å². The lowest BCUT2D eigenvalue weighted by Gasteiger charge is -2.32. The summed E-state index contributed by atoms with van der Waals surface area (Å²) in [5.74, 6) is -0.899. The number of rotatable bonds is 4. The fourth-order valence-corrected chi connectivity index (χ4v) is 2.09. The number of hydrogen-bond acceptors (Lipinski definition) is 2. The normalized spacial score (nSPS) is 18.9. The van der Waals surface area contributed by atoms with Crippen LogP contribution < -0.4 is 5.32 Å². The molecule has 0 aliphatic heterocycles. The standard InChI is InChI=1S/C13H24N2O3/c1-12(2,3)8-15(5)11(18)14-13(4,10(16)17)9-6-7-9/h9H,6-8H2,1-5H3,(H,14,18)(H,16,17). The van der Waals surface area contributed by atoms with Crippen LogP contribution in [0.4, 0.5) is 4.79 Å². The third-order valence-corrected chi connectivity index (χ3v) is 3.26. The van der Waals surface area contributed by atoms with Crippen molar-refractivity contribution in [2.24, 2.45) is 11.3 Å². The van der Waals surface area contributed by atoms with E-state index >= 15 is 0 Å². The summed E-state index contributed by atoms with van der Waals surface area (Å²) in [7, 11) is 1.69. The smallest absolute Gasteiger partial charge is 0.329 e. The Morgan fingerprint density at radius 2 is 1.78 bits per heavy atom. The molecule has 0 heterocycles. The SMILES string of the molecule is CN(CC(C)(C)C)C(=O)NC(C)(C(=O)O)C1CC1. The molecule has 1 saturated carbocycles. The van der Waals surface area contributed by atoms with E-state index in [-0.39, 0.29) is 17.4 Å². The van der Waals surface area contributed by atoms with Crippen LogP contribution in [0.5, 0.6) is 0 Å². The maximum atomic E-state index is 12.0. The van der Waals surface area contributed by atoms with Crippen molar-refractivity contribution in [3.05, 3.63) is 0 Å². The molecule has 18 heavy (non-hydrogen) atoms. The monoisotopic (exact) mass is 256 g/mol. The Hall–Kier alpha value is -1.26. The molecule has 0 spiro atoms. The number of nitrogens with zero attached hydrogens (tertiary/aromatic N) is 1. The third-order valence-electron chi connectivity index (χ3n) is 3.26. The van der Waals surface area contributed by atoms with E-state index in [1.165, 1.54) is 0 Å². The third kappa shape index (κ3) is 3.62. The first-order chi connectivity index (χ1) is 8.06. The highest BCUT2D eigenvalue weighted by Gasteiger charge is 2.49. The van der Waals surface area contributed by atoms with Crippen LogP contribution in [0.25, 0.3) is 0 Å². The van der Waals surface area contributed by atoms with Crippen molar-refractivity contribution in [1.29, 1.82) is 0 Å². The van der Waals surface area contributed by atoms with Crippen LogP contribution in [0, 0.1) is 11.3 Å². The van der Waals surface area contributed by atoms with Crippen molar-refractivity contribution in [3.63, 3.8) is 0 Å². The van der Waals surface area contributed by atoms with Crippen LogP contribution in [0.3, 0.4) is 0 Å². The Morgan fingerprint density at radius 1 is 1.28 bits per heavy atom. The van der Waals surface area contributed by atoms with E-state index in [1.54, 1.807) is 18.9 Å². The molecule has 1 unspecified atom stereocenters. The Morgan fingerprint density at radius 3 is 2.11 bits per heavy atom. The highest BCUT2D eigenvalue weighted by Crippen LogP contribution is 2.39. The molecule has 0 radical (unpaired) electrons. The molecular formula is C13H24N2O3. The Labute approximate surface area is 109 Å². The average Bonchev–Trinajstić information content (AvgIpc) is 2.97. The first-order valence-electron chi connectivity index (χ1n) is 6.33. The quantitative estimate of drug-likeness (QED) is 0.807. The van der Waals surface area contributed by atoms with Gasteiger partial charge in [-0.15, -0.1) is 0 Å². The summed E-state index contributed by atoms with van der Waals surface area (Å²) in [5.41, 5.74) is -1.14. The minimum absolute atomic E-state index is 0.00864. The second-order valence-electron chi connectivity index (χ2n) is 6.63. The molecular weight excluding hydrogens is 232 g/mol. The molecule has 0 aromatic carbocycles. The molecule has 0 saturated heterocycles. The van der Waals surface area contributed by atoms with Gasteiger partial charge < -0.3 is 15.3 Å². The first kappa shape index (κ1) is 14.8. The molecule has 1 aliphatic carbocycles. The molecule has 2 N–H and O–H groups in total. The van der Waals surface area contributed by atoms with Crippen LogP contribution >= 0.6 is 0 Å². The van der Waals surface area contributed by atoms with Gasteiger partial charge in [0, 0.05) is 13.6 Å². The van der Waals surface area contributed by atoms with E-state index in [0.717, 1.165) is 12.8 Å². The van der Waals surface area contributed by atoms with E-state index in [2.05, 4.69) is 5.32 Å². The number of carbonyl (C=O) groups excluding carboxylic acids is 1. The zero-order chi connectivity index (χ0) is 14.1. The number of nitrogens with one attached hydrogen (secondary N) is 1. The Bertz CT molecular complexity index is 345. The second-order valence-corrected chi connectivity index (χ2v) is 6.63. The van der Waals surface area contributed by atoms with E-state index in [0.29, 0.717) is 6.54 Å². The maximum Gasteiger partial charge on any atom is 0.329 e. The van der Waals surface area contributed by atoms with Gasteiger partial charge in [0.1, 0.15) is 5.54 Å². The van der Waals surface area contributed by atoms with Gasteiger partial charge in [0.25, 0.3) is 0 Å². The van der Waals surface area contributed by atoms with Crippen molar-refractivity contribution >= 4 is 12.0 Å². The molecule has 1 atom stereocenters. The average molecular weight is 256 g/mol. The van der Waals surface area contributed by atoms with E-state index in [4.69, 9.17) is 0 Å². The zero-order valence-corrected chi connectivity index (χ0v) is 11.9. The topological polar surface area (TPSA) is 69.6 Å². The van der Waals surface area contributed by atoms with Crippen molar-refractivity contribution < 1.29 is 14.7 Å². The summed E-state index contributed by atoms with van der Waals surface area (Å²) in [4.78, 5) is 24.9. The number of carbonyl (C=O) groups is 2. The second kappa shape index (κ2) is 4.78. The number of aliphatic carboxylic acids is 1. The lowest BCUT2D eigenvalue weighted by Crippen LogP contribution is -2.57. The number of hydrogen-bond donors (Lipinski definition) is 2. The van der Waals surface area contributed by atoms with Crippen LogP contribution in [0.2, 0.25) is 0 Å². The van der Waals surface area contributed by atoms with E-state index in [1.807, 2.05) is 20.8 Å². The fraction of sp³-hybridized carbons (Fsp3) is 0.846. The van der Waals surface area contributed by atoms with Crippen LogP contribution in [-0.4, -0.2) is 41.1 Å². The molecule has 5 heteroatoms. The van der Waals surface area contributed by atoms with Gasteiger partial charge in [0.2, 0.25) is 0 Å². The molecule has 1 aliphatic rings. The zero-order valence-electron chi connectivity index (χ0n) is 11.9. The van der Waals surface area contributed by atoms with E-state index < -0.39 is 11.5 Å². The fourth-order valence-electron chi connectivity index (χ4n) is 2.09. The van der Waals surface area contributed by atoms with Gasteiger partial charge in [-0.05, 0) is 31.1 Å². The van der Waals surface area contributed by atoms with Gasteiger partial charge in [-0.25, -0.2) is 9.59 Å². The summed E-state index contributed by atoms with van der Waals surface area (Å²) < 4.78 is 0. The number of urea groups is 1. The van der Waals surface area contributed by atoms with Crippen LogP contribution in [0.1, 0.15) is 40.5 Å². The van der Waals surface area contributed by atoms with Gasteiger partial charge in [0.05, 0.1) is 0 Å². The number of amides is 2. The van der Waals surface area contributed by atoms with Crippen molar-refractivity contribution in [2.75, 3.05) is 13.6 Å². The first-order valence-corrected chi connectivity index (χ1v) is 6.33. The Balaban J connectivity index is 2.65. The highest BCUT2D eigenvalue weighted by molar-refractivity contribution is 5.86. The lowest BCUT2D eigenvalue weighted by molar-refractivity contribution is -0.144. The molecule has 0 bridgehead atoms. The highest BCUT2D eigenvalue weighted by atomic mass is 16.4. The largest absolute Gasteiger partial charge is 0.480 e. The van der Waals surface area contributed by atoms with Gasteiger partial charge in [0.15, 0.2) is 0 Å². The summed E-state index contributed by atoms with van der Waals surface area (Å²) in [6.07, 6.45) is 1.73. The summed E-state index contributed by atoms with van der Waals surface area (Å²) in [6.45, 7) is 8.28. The van der Waals surface area contributed by atoms with Crippen molar-refractivity contribution in [1.82, 2.24) is 10.2 Å². The predicted octanol–water partition coefficient (Wildman–Crippen LogP) is 1.93. The molecule has 2 amide bonds. The molecule has 1 rings (SSSR count). The van der Waals surface area contributed by atoms with Crippen molar-refractivity contribution in [3.8, 4) is 0 Å². The molecule has 0 aromatic heterocycles. The van der Waals surface area contributed by atoms with Gasteiger partial charge in [-0.1, -0.05) is 20.8 Å². The summed E-state index contributed by atoms with van der Waals surface area (Å²) in [6, 6.07) is -0.318. The summed E-state index contributed by atoms with van der Waals surface area (Å²) in [5, 5.41) is 11.9. The van der Waals surface area contributed by atoms with Gasteiger partial charge >= 0.3 is 12.0 Å². The maximum absolute atomic E-state index is 12.0. The van der Waals surface area contributed by atoms with Gasteiger partial charge in [-0.2, -0.15) is 0 Å². The summed E-state index contributed by atoms with van der Waals surface area (Å²) >= 11 is 0. The number of carboxylic acid groups (broad SMARTS) is 1. The minimum Gasteiger partial charge on any atom is -0.480 e. The lowest BCUT2D eigenvalue weighted by atomic mass is 9.95. The predicted molar refractivity (Wildman–Crippen MR) is 69.4 cm³/mol. The molecule has 0 aromatic rings. The van der Waals surface area contributed by atoms with Gasteiger partial charge in [-0.3, -0.25) is 0 Å². The Kier molecular flexibility index (Phi) is 3.93. The van der Waals surface area contributed by atoms with Crippen LogP contribution in [0.15, 0.2) is 0 Å². The molecule has 1 fully saturated rings. The van der Waals surface area contributed by atoms with E-state index in [9.17, 15) is 14.7 Å². The molecule has 104 valence electrons. The van der Waals surface area contributed by atoms with Crippen molar-refractivity contribution in [2.45, 2.75) is 46.1 Å². The molecule has 5 nitrogen and oxygen atoms in total.